The highest BCUT2D eigenvalue weighted by Crippen LogP contribution is 2.42. The van der Waals surface area contributed by atoms with E-state index in [1.807, 2.05) is 0 Å². The third-order valence-corrected chi connectivity index (χ3v) is 10.2. The fourth-order valence-corrected chi connectivity index (χ4v) is 6.63. The lowest BCUT2D eigenvalue weighted by molar-refractivity contribution is -0.147. The highest BCUT2D eigenvalue weighted by Gasteiger charge is 2.23. The standard InChI is InChI=1S/C46H82NO8P/c1-3-5-7-9-11-13-15-17-19-21-22-23-25-27-29-31-33-35-37-39-46(50)53-42-44(48)43-55-56(51,52)54-41-40-47-45(49)38-36-34-32-30-28-26-24-20-18-16-14-12-10-8-6-4-2/h5,7,11,13,17,19,22-23,27,29,44,48H,3-4,6,8-10,12,14-16,18,20-21,24-26,28,30-43H2,1-2H3,(H,47,49)(H,51,52)/b7-5-,13-11-,19-17-,23-22-,29-27-. The molecule has 0 aliphatic carbocycles. The van der Waals surface area contributed by atoms with Crippen molar-refractivity contribution in [2.75, 3.05) is 26.4 Å². The average Bonchev–Trinajstić information content (AvgIpc) is 3.18. The zero-order valence-electron chi connectivity index (χ0n) is 35.6. The smallest absolute Gasteiger partial charge is 0.463 e. The molecule has 0 aromatic carbocycles. The van der Waals surface area contributed by atoms with Crippen LogP contribution in [0.15, 0.2) is 60.8 Å². The van der Waals surface area contributed by atoms with Crippen molar-refractivity contribution in [2.24, 2.45) is 0 Å². The first-order valence-corrected chi connectivity index (χ1v) is 23.8. The van der Waals surface area contributed by atoms with Gasteiger partial charge in [-0.25, -0.2) is 4.57 Å². The second-order valence-electron chi connectivity index (χ2n) is 14.6. The van der Waals surface area contributed by atoms with E-state index in [4.69, 9.17) is 13.8 Å². The van der Waals surface area contributed by atoms with E-state index in [2.05, 4.69) is 79.9 Å². The second kappa shape index (κ2) is 42.3. The molecule has 56 heavy (non-hydrogen) atoms. The largest absolute Gasteiger partial charge is 0.472 e. The van der Waals surface area contributed by atoms with Crippen LogP contribution in [0, 0.1) is 0 Å². The molecule has 0 aromatic rings. The van der Waals surface area contributed by atoms with Gasteiger partial charge in [0.25, 0.3) is 0 Å². The maximum atomic E-state index is 12.1. The molecular weight excluding hydrogens is 725 g/mol. The van der Waals surface area contributed by atoms with Gasteiger partial charge in [0.2, 0.25) is 5.91 Å². The fraction of sp³-hybridized carbons (Fsp3) is 0.739. The third kappa shape index (κ3) is 42.8. The molecule has 0 radical (unpaired) electrons. The molecule has 2 atom stereocenters. The maximum absolute atomic E-state index is 12.1. The maximum Gasteiger partial charge on any atom is 0.472 e. The second-order valence-corrected chi connectivity index (χ2v) is 16.1. The molecule has 9 nitrogen and oxygen atoms in total. The minimum absolute atomic E-state index is 0.0775. The van der Waals surface area contributed by atoms with Gasteiger partial charge in [-0.1, -0.05) is 177 Å². The predicted molar refractivity (Wildman–Crippen MR) is 233 cm³/mol. The molecule has 324 valence electrons. The number of aliphatic hydroxyl groups excluding tert-OH is 1. The van der Waals surface area contributed by atoms with E-state index in [1.54, 1.807) is 0 Å². The molecule has 0 aromatic heterocycles. The number of allylic oxidation sites excluding steroid dienone is 10. The SMILES string of the molecule is CC/C=C\C/C=C\C/C=C\C/C=C\C/C=C\CCCCCC(=O)OCC(O)COP(=O)(O)OCCNC(=O)CCCCCCCCCCCCCCCCCC. The number of hydrogen-bond donors (Lipinski definition) is 3. The van der Waals surface area contributed by atoms with Crippen LogP contribution in [-0.4, -0.2) is 54.3 Å². The quantitative estimate of drug-likeness (QED) is 0.0241. The summed E-state index contributed by atoms with van der Waals surface area (Å²) in [6.07, 6.45) is 50.1. The Bertz CT molecular complexity index is 1100. The molecule has 0 spiro atoms. The number of rotatable bonds is 41. The normalized spacial score (nSPS) is 13.9. The Morgan fingerprint density at radius 1 is 0.571 bits per heavy atom. The first-order chi connectivity index (χ1) is 27.3. The summed E-state index contributed by atoms with van der Waals surface area (Å²) in [5.41, 5.74) is 0. The van der Waals surface area contributed by atoms with Gasteiger partial charge in [0.05, 0.1) is 13.2 Å². The summed E-state index contributed by atoms with van der Waals surface area (Å²) in [4.78, 5) is 33.9. The lowest BCUT2D eigenvalue weighted by atomic mass is 10.0. The monoisotopic (exact) mass is 808 g/mol. The summed E-state index contributed by atoms with van der Waals surface area (Å²) in [7, 11) is -4.43. The van der Waals surface area contributed by atoms with Gasteiger partial charge in [-0.2, -0.15) is 0 Å². The molecule has 0 fully saturated rings. The van der Waals surface area contributed by atoms with Crippen LogP contribution in [0.4, 0.5) is 0 Å². The Morgan fingerprint density at radius 3 is 1.54 bits per heavy atom. The van der Waals surface area contributed by atoms with Gasteiger partial charge in [0.1, 0.15) is 12.7 Å². The van der Waals surface area contributed by atoms with Crippen molar-refractivity contribution in [1.82, 2.24) is 5.32 Å². The predicted octanol–water partition coefficient (Wildman–Crippen LogP) is 12.5. The van der Waals surface area contributed by atoms with Crippen molar-refractivity contribution < 1.29 is 37.9 Å². The van der Waals surface area contributed by atoms with Crippen LogP contribution in [0.3, 0.4) is 0 Å². The molecule has 3 N–H and O–H groups in total. The van der Waals surface area contributed by atoms with Crippen LogP contribution in [0.5, 0.6) is 0 Å². The van der Waals surface area contributed by atoms with Crippen molar-refractivity contribution in [3.63, 3.8) is 0 Å². The van der Waals surface area contributed by atoms with Crippen molar-refractivity contribution in [3.8, 4) is 0 Å². The molecule has 2 unspecified atom stereocenters. The lowest BCUT2D eigenvalue weighted by Gasteiger charge is -2.15. The summed E-state index contributed by atoms with van der Waals surface area (Å²) in [6, 6.07) is 0. The minimum atomic E-state index is -4.43. The van der Waals surface area contributed by atoms with E-state index in [0.717, 1.165) is 70.6 Å². The molecule has 1 amide bonds. The zero-order valence-corrected chi connectivity index (χ0v) is 36.5. The van der Waals surface area contributed by atoms with Crippen molar-refractivity contribution in [3.05, 3.63) is 60.8 Å². The average molecular weight is 808 g/mol. The van der Waals surface area contributed by atoms with Crippen LogP contribution in [0.25, 0.3) is 0 Å². The van der Waals surface area contributed by atoms with E-state index in [1.165, 1.54) is 83.5 Å². The van der Waals surface area contributed by atoms with E-state index < -0.39 is 26.5 Å². The summed E-state index contributed by atoms with van der Waals surface area (Å²) in [5.74, 6) is -0.548. The molecule has 0 saturated carbocycles. The molecule has 0 bridgehead atoms. The number of esters is 1. The molecule has 10 heteroatoms. The Kier molecular flexibility index (Phi) is 40.6. The summed E-state index contributed by atoms with van der Waals surface area (Å²) in [5, 5.41) is 12.7. The molecule has 0 saturated heterocycles. The van der Waals surface area contributed by atoms with Gasteiger partial charge < -0.3 is 20.1 Å². The first-order valence-electron chi connectivity index (χ1n) is 22.3. The van der Waals surface area contributed by atoms with Gasteiger partial charge >= 0.3 is 13.8 Å². The number of unbranched alkanes of at least 4 members (excludes halogenated alkanes) is 18. The minimum Gasteiger partial charge on any atom is -0.463 e. The van der Waals surface area contributed by atoms with Crippen LogP contribution >= 0.6 is 7.82 Å². The molecule has 0 aliphatic heterocycles. The van der Waals surface area contributed by atoms with Crippen LogP contribution in [0.2, 0.25) is 0 Å². The molecule has 0 heterocycles. The highest BCUT2D eigenvalue weighted by atomic mass is 31.2. The highest BCUT2D eigenvalue weighted by molar-refractivity contribution is 7.47. The van der Waals surface area contributed by atoms with Crippen LogP contribution in [0.1, 0.15) is 187 Å². The summed E-state index contributed by atoms with van der Waals surface area (Å²) in [6.45, 7) is 3.41. The van der Waals surface area contributed by atoms with E-state index in [-0.39, 0.29) is 32.1 Å². The number of phosphoric ester groups is 1. The Morgan fingerprint density at radius 2 is 1.02 bits per heavy atom. The van der Waals surface area contributed by atoms with Crippen molar-refractivity contribution >= 4 is 19.7 Å². The van der Waals surface area contributed by atoms with Crippen LogP contribution < -0.4 is 5.32 Å². The Hall–Kier alpha value is -2.29. The zero-order chi connectivity index (χ0) is 41.1. The number of carbonyl (C=O) groups is 2. The van der Waals surface area contributed by atoms with E-state index >= 15 is 0 Å². The summed E-state index contributed by atoms with van der Waals surface area (Å²) < 4.78 is 26.9. The van der Waals surface area contributed by atoms with Crippen molar-refractivity contribution in [2.45, 2.75) is 193 Å². The van der Waals surface area contributed by atoms with E-state index in [0.29, 0.717) is 12.8 Å². The summed E-state index contributed by atoms with van der Waals surface area (Å²) >= 11 is 0. The Balaban J connectivity index is 3.65. The number of carbonyl (C=O) groups excluding carboxylic acids is 2. The van der Waals surface area contributed by atoms with Gasteiger partial charge in [-0.05, 0) is 57.8 Å². The van der Waals surface area contributed by atoms with Gasteiger partial charge in [0.15, 0.2) is 0 Å². The van der Waals surface area contributed by atoms with Crippen molar-refractivity contribution in [1.29, 1.82) is 0 Å². The number of nitrogens with one attached hydrogen (secondary N) is 1. The number of amides is 1. The number of phosphoric acid groups is 1. The fourth-order valence-electron chi connectivity index (χ4n) is 5.88. The topological polar surface area (TPSA) is 131 Å². The lowest BCUT2D eigenvalue weighted by Crippen LogP contribution is -2.27. The number of aliphatic hydroxyl groups is 1. The molecule has 0 rings (SSSR count). The number of hydrogen-bond acceptors (Lipinski definition) is 7. The van der Waals surface area contributed by atoms with E-state index in [9.17, 15) is 24.2 Å². The first kappa shape index (κ1) is 53.7. The van der Waals surface area contributed by atoms with Gasteiger partial charge in [-0.3, -0.25) is 18.6 Å². The van der Waals surface area contributed by atoms with Gasteiger partial charge in [0, 0.05) is 19.4 Å². The van der Waals surface area contributed by atoms with Gasteiger partial charge in [-0.15, -0.1) is 0 Å². The molecule has 0 aliphatic rings. The number of ether oxygens (including phenoxy) is 1. The Labute approximate surface area is 342 Å². The molecular formula is C46H82NO8P. The van der Waals surface area contributed by atoms with Crippen LogP contribution in [-0.2, 0) is 27.9 Å². The third-order valence-electron chi connectivity index (χ3n) is 9.21.